The number of H-pyrrole nitrogens is 1. The quantitative estimate of drug-likeness (QED) is 0.640. The standard InChI is InChI=1S/C13H17FN2OS/c1-2-3-7-17-8-6-16-12-5-4-10(14)9-11(12)15-13(16)18/h4-5,9H,2-3,6-8H2,1H3,(H,15,18). The summed E-state index contributed by atoms with van der Waals surface area (Å²) in [5.41, 5.74) is 1.65. The second-order valence-corrected chi connectivity index (χ2v) is 4.60. The second-order valence-electron chi connectivity index (χ2n) is 4.21. The van der Waals surface area contributed by atoms with Crippen LogP contribution in [-0.2, 0) is 11.3 Å². The minimum absolute atomic E-state index is 0.259. The number of fused-ring (bicyclic) bond motifs is 1. The molecule has 98 valence electrons. The number of imidazole rings is 1. The molecule has 0 radical (unpaired) electrons. The highest BCUT2D eigenvalue weighted by atomic mass is 32.1. The summed E-state index contributed by atoms with van der Waals surface area (Å²) in [5, 5.41) is 0. The Hall–Kier alpha value is -1.20. The van der Waals surface area contributed by atoms with E-state index in [0.717, 1.165) is 30.5 Å². The van der Waals surface area contributed by atoms with Crippen LogP contribution in [0.5, 0.6) is 0 Å². The SMILES string of the molecule is CCCCOCCn1c(=S)[nH]c2cc(F)ccc21. The Bertz CT molecular complexity index is 576. The molecule has 0 aliphatic carbocycles. The van der Waals surface area contributed by atoms with E-state index < -0.39 is 0 Å². The molecule has 1 aromatic carbocycles. The number of ether oxygens (including phenoxy) is 1. The molecule has 5 heteroatoms. The lowest BCUT2D eigenvalue weighted by atomic mass is 10.3. The minimum atomic E-state index is -0.259. The normalized spacial score (nSPS) is 11.2. The molecule has 0 bridgehead atoms. The topological polar surface area (TPSA) is 29.9 Å². The highest BCUT2D eigenvalue weighted by molar-refractivity contribution is 7.71. The van der Waals surface area contributed by atoms with E-state index in [4.69, 9.17) is 17.0 Å². The monoisotopic (exact) mass is 268 g/mol. The lowest BCUT2D eigenvalue weighted by Gasteiger charge is -2.05. The number of nitrogens with zero attached hydrogens (tertiary/aromatic N) is 1. The summed E-state index contributed by atoms with van der Waals surface area (Å²) < 4.78 is 21.1. The van der Waals surface area contributed by atoms with Gasteiger partial charge in [-0.25, -0.2) is 4.39 Å². The zero-order valence-electron chi connectivity index (χ0n) is 10.4. The average molecular weight is 268 g/mol. The molecule has 2 rings (SSSR count). The molecule has 0 aliphatic rings. The van der Waals surface area contributed by atoms with Crippen LogP contribution in [0.15, 0.2) is 18.2 Å². The molecule has 1 heterocycles. The van der Waals surface area contributed by atoms with Crippen molar-refractivity contribution in [2.75, 3.05) is 13.2 Å². The van der Waals surface area contributed by atoms with Crippen molar-refractivity contribution >= 4 is 23.3 Å². The molecule has 0 saturated carbocycles. The van der Waals surface area contributed by atoms with Crippen molar-refractivity contribution in [1.29, 1.82) is 0 Å². The van der Waals surface area contributed by atoms with E-state index >= 15 is 0 Å². The zero-order valence-corrected chi connectivity index (χ0v) is 11.2. The Morgan fingerprint density at radius 3 is 3.00 bits per heavy atom. The molecule has 0 atom stereocenters. The predicted molar refractivity (Wildman–Crippen MR) is 72.8 cm³/mol. The molecule has 0 unspecified atom stereocenters. The smallest absolute Gasteiger partial charge is 0.178 e. The van der Waals surface area contributed by atoms with Crippen LogP contribution in [0.1, 0.15) is 19.8 Å². The van der Waals surface area contributed by atoms with Crippen LogP contribution in [0.2, 0.25) is 0 Å². The van der Waals surface area contributed by atoms with Gasteiger partial charge in [-0.15, -0.1) is 0 Å². The summed E-state index contributed by atoms with van der Waals surface area (Å²) in [5.74, 6) is -0.259. The molecule has 18 heavy (non-hydrogen) atoms. The Kier molecular flexibility index (Phi) is 4.49. The number of hydrogen-bond donors (Lipinski definition) is 1. The number of nitrogens with one attached hydrogen (secondary N) is 1. The summed E-state index contributed by atoms with van der Waals surface area (Å²) >= 11 is 5.23. The van der Waals surface area contributed by atoms with Gasteiger partial charge >= 0.3 is 0 Å². The van der Waals surface area contributed by atoms with Crippen molar-refractivity contribution in [2.45, 2.75) is 26.3 Å². The maximum Gasteiger partial charge on any atom is 0.178 e. The van der Waals surface area contributed by atoms with Gasteiger partial charge in [-0.1, -0.05) is 13.3 Å². The number of halogens is 1. The van der Waals surface area contributed by atoms with Gasteiger partial charge in [0.2, 0.25) is 0 Å². The predicted octanol–water partition coefficient (Wildman–Crippen LogP) is 3.65. The van der Waals surface area contributed by atoms with Crippen LogP contribution in [0.25, 0.3) is 11.0 Å². The summed E-state index contributed by atoms with van der Waals surface area (Å²) in [4.78, 5) is 3.00. The Morgan fingerprint density at radius 1 is 1.39 bits per heavy atom. The van der Waals surface area contributed by atoms with Gasteiger partial charge in [0.1, 0.15) is 5.82 Å². The van der Waals surface area contributed by atoms with E-state index in [1.165, 1.54) is 12.1 Å². The van der Waals surface area contributed by atoms with Crippen LogP contribution >= 0.6 is 12.2 Å². The van der Waals surface area contributed by atoms with Crippen molar-refractivity contribution in [3.63, 3.8) is 0 Å². The highest BCUT2D eigenvalue weighted by Gasteiger charge is 2.04. The molecular weight excluding hydrogens is 251 g/mol. The first-order valence-corrected chi connectivity index (χ1v) is 6.59. The number of aromatic nitrogens is 2. The molecule has 0 spiro atoms. The van der Waals surface area contributed by atoms with Crippen LogP contribution in [0, 0.1) is 10.6 Å². The lowest BCUT2D eigenvalue weighted by molar-refractivity contribution is 0.124. The average Bonchev–Trinajstić information content (AvgIpc) is 2.64. The fourth-order valence-corrected chi connectivity index (χ4v) is 2.16. The molecule has 0 amide bonds. The molecule has 1 aromatic heterocycles. The van der Waals surface area contributed by atoms with Gasteiger partial charge in [0.15, 0.2) is 4.77 Å². The second kappa shape index (κ2) is 6.11. The van der Waals surface area contributed by atoms with Gasteiger partial charge in [-0.3, -0.25) is 0 Å². The summed E-state index contributed by atoms with van der Waals surface area (Å²) in [6.07, 6.45) is 2.20. The van der Waals surface area contributed by atoms with Gasteiger partial charge in [-0.05, 0) is 36.8 Å². The number of benzene rings is 1. The van der Waals surface area contributed by atoms with Gasteiger partial charge < -0.3 is 14.3 Å². The third-order valence-corrected chi connectivity index (χ3v) is 3.16. The van der Waals surface area contributed by atoms with Gasteiger partial charge in [0.25, 0.3) is 0 Å². The lowest BCUT2D eigenvalue weighted by Crippen LogP contribution is -2.06. The molecule has 1 N–H and O–H groups in total. The third-order valence-electron chi connectivity index (χ3n) is 2.84. The maximum atomic E-state index is 13.1. The first-order chi connectivity index (χ1) is 8.72. The van der Waals surface area contributed by atoms with Gasteiger partial charge in [0.05, 0.1) is 17.6 Å². The van der Waals surface area contributed by atoms with Crippen LogP contribution in [-0.4, -0.2) is 22.8 Å². The van der Waals surface area contributed by atoms with Crippen LogP contribution in [0.4, 0.5) is 4.39 Å². The van der Waals surface area contributed by atoms with Crippen LogP contribution < -0.4 is 0 Å². The first kappa shape index (κ1) is 13.2. The molecule has 3 nitrogen and oxygen atoms in total. The minimum Gasteiger partial charge on any atom is -0.380 e. The zero-order chi connectivity index (χ0) is 13.0. The molecule has 0 aliphatic heterocycles. The summed E-state index contributed by atoms with van der Waals surface area (Å²) in [7, 11) is 0. The maximum absolute atomic E-state index is 13.1. The number of hydrogen-bond acceptors (Lipinski definition) is 2. The fourth-order valence-electron chi connectivity index (χ4n) is 1.86. The molecule has 0 saturated heterocycles. The van der Waals surface area contributed by atoms with Crippen molar-refractivity contribution in [3.05, 3.63) is 28.8 Å². The van der Waals surface area contributed by atoms with E-state index in [2.05, 4.69) is 11.9 Å². The van der Waals surface area contributed by atoms with E-state index in [9.17, 15) is 4.39 Å². The number of unbranched alkanes of at least 4 members (excludes halogenated alkanes) is 1. The van der Waals surface area contributed by atoms with E-state index in [0.29, 0.717) is 17.9 Å². The Morgan fingerprint density at radius 2 is 2.22 bits per heavy atom. The Labute approximate surface area is 111 Å². The molecular formula is C13H17FN2OS. The number of aromatic amines is 1. The van der Waals surface area contributed by atoms with Crippen molar-refractivity contribution in [3.8, 4) is 0 Å². The van der Waals surface area contributed by atoms with Crippen molar-refractivity contribution < 1.29 is 9.13 Å². The van der Waals surface area contributed by atoms with Crippen molar-refractivity contribution in [2.24, 2.45) is 0 Å². The van der Waals surface area contributed by atoms with E-state index in [1.54, 1.807) is 6.07 Å². The number of rotatable bonds is 6. The Balaban J connectivity index is 2.08. The van der Waals surface area contributed by atoms with E-state index in [-0.39, 0.29) is 5.82 Å². The largest absolute Gasteiger partial charge is 0.380 e. The van der Waals surface area contributed by atoms with Crippen LogP contribution in [0.3, 0.4) is 0 Å². The molecule has 0 fully saturated rings. The van der Waals surface area contributed by atoms with Gasteiger partial charge in [0, 0.05) is 13.2 Å². The van der Waals surface area contributed by atoms with E-state index in [1.807, 2.05) is 4.57 Å². The summed E-state index contributed by atoms with van der Waals surface area (Å²) in [6.45, 7) is 4.22. The molecule has 2 aromatic rings. The highest BCUT2D eigenvalue weighted by Crippen LogP contribution is 2.15. The third kappa shape index (κ3) is 2.97. The van der Waals surface area contributed by atoms with Gasteiger partial charge in [-0.2, -0.15) is 0 Å². The first-order valence-electron chi connectivity index (χ1n) is 6.18. The summed E-state index contributed by atoms with van der Waals surface area (Å²) in [6, 6.07) is 4.64. The van der Waals surface area contributed by atoms with Crippen molar-refractivity contribution in [1.82, 2.24) is 9.55 Å². The fraction of sp³-hybridized carbons (Fsp3) is 0.462.